The van der Waals surface area contributed by atoms with E-state index in [4.69, 9.17) is 6.42 Å². The molecule has 0 amide bonds. The van der Waals surface area contributed by atoms with E-state index in [1.807, 2.05) is 5.92 Å². The Hall–Kier alpha value is -1.56. The molecule has 0 aliphatic heterocycles. The molecule has 3 nitrogen and oxygen atoms in total. The molecular weight excluding hydrogens is 128 g/mol. The van der Waals surface area contributed by atoms with Crippen LogP contribution >= 0.6 is 0 Å². The summed E-state index contributed by atoms with van der Waals surface area (Å²) < 4.78 is 1.63. The SMILES string of the molecule is C#CC(=O)Cn1ccnc1. The quantitative estimate of drug-likeness (QED) is 0.424. The summed E-state index contributed by atoms with van der Waals surface area (Å²) in [6.07, 6.45) is 9.70. The van der Waals surface area contributed by atoms with Gasteiger partial charge in [0, 0.05) is 12.4 Å². The lowest BCUT2D eigenvalue weighted by Crippen LogP contribution is -2.04. The summed E-state index contributed by atoms with van der Waals surface area (Å²) in [6.45, 7) is 0.219. The third kappa shape index (κ3) is 1.46. The summed E-state index contributed by atoms with van der Waals surface area (Å²) in [6, 6.07) is 0. The van der Waals surface area contributed by atoms with E-state index in [0.29, 0.717) is 0 Å². The van der Waals surface area contributed by atoms with Crippen molar-refractivity contribution in [3.05, 3.63) is 18.7 Å². The number of nitrogens with zero attached hydrogens (tertiary/aromatic N) is 2. The van der Waals surface area contributed by atoms with Gasteiger partial charge in [0.25, 0.3) is 0 Å². The first-order valence-corrected chi connectivity index (χ1v) is 2.78. The Balaban J connectivity index is 2.59. The summed E-state index contributed by atoms with van der Waals surface area (Å²) in [7, 11) is 0. The predicted octanol–water partition coefficient (Wildman–Crippen LogP) is 0.0854. The van der Waals surface area contributed by atoms with Crippen molar-refractivity contribution in [2.75, 3.05) is 0 Å². The molecule has 0 N–H and O–H groups in total. The number of carbonyl (C=O) groups is 1. The van der Waals surface area contributed by atoms with Crippen LogP contribution in [0.1, 0.15) is 0 Å². The summed E-state index contributed by atoms with van der Waals surface area (Å²) in [5.41, 5.74) is 0. The molecule has 3 heteroatoms. The highest BCUT2D eigenvalue weighted by atomic mass is 16.1. The summed E-state index contributed by atoms with van der Waals surface area (Å²) in [5.74, 6) is 1.78. The second-order valence-corrected chi connectivity index (χ2v) is 1.80. The van der Waals surface area contributed by atoms with Gasteiger partial charge in [-0.15, -0.1) is 6.42 Å². The third-order valence-electron chi connectivity index (χ3n) is 1.05. The van der Waals surface area contributed by atoms with E-state index in [0.717, 1.165) is 0 Å². The number of rotatable bonds is 2. The highest BCUT2D eigenvalue weighted by molar-refractivity contribution is 5.94. The van der Waals surface area contributed by atoms with Gasteiger partial charge in [-0.25, -0.2) is 4.98 Å². The molecule has 1 heterocycles. The fourth-order valence-electron chi connectivity index (χ4n) is 0.592. The lowest BCUT2D eigenvalue weighted by Gasteiger charge is -1.92. The Kier molecular flexibility index (Phi) is 1.86. The molecule has 0 radical (unpaired) electrons. The van der Waals surface area contributed by atoms with Gasteiger partial charge in [-0.1, -0.05) is 0 Å². The van der Waals surface area contributed by atoms with Crippen LogP contribution in [0.4, 0.5) is 0 Å². The zero-order valence-corrected chi connectivity index (χ0v) is 5.32. The normalized spacial score (nSPS) is 8.70. The van der Waals surface area contributed by atoms with Crippen LogP contribution in [0.25, 0.3) is 0 Å². The number of carbonyl (C=O) groups excluding carboxylic acids is 1. The van der Waals surface area contributed by atoms with Crippen LogP contribution in [-0.4, -0.2) is 15.3 Å². The number of terminal acetylenes is 1. The zero-order valence-electron chi connectivity index (χ0n) is 5.32. The van der Waals surface area contributed by atoms with Gasteiger partial charge in [-0.2, -0.15) is 0 Å². The molecule has 0 unspecified atom stereocenters. The molecule has 0 fully saturated rings. The average molecular weight is 134 g/mol. The van der Waals surface area contributed by atoms with Gasteiger partial charge in [0.2, 0.25) is 5.78 Å². The van der Waals surface area contributed by atoms with Crippen molar-refractivity contribution in [1.82, 2.24) is 9.55 Å². The topological polar surface area (TPSA) is 34.9 Å². The molecule has 0 aliphatic carbocycles. The van der Waals surface area contributed by atoms with Crippen LogP contribution in [0, 0.1) is 12.3 Å². The van der Waals surface area contributed by atoms with Crippen LogP contribution in [0.5, 0.6) is 0 Å². The van der Waals surface area contributed by atoms with E-state index < -0.39 is 0 Å². The van der Waals surface area contributed by atoms with Crippen molar-refractivity contribution >= 4 is 5.78 Å². The van der Waals surface area contributed by atoms with Gasteiger partial charge in [-0.05, 0) is 5.92 Å². The molecule has 0 aliphatic rings. The first kappa shape index (κ1) is 6.56. The van der Waals surface area contributed by atoms with Crippen molar-refractivity contribution in [3.8, 4) is 12.3 Å². The van der Waals surface area contributed by atoms with E-state index in [1.165, 1.54) is 0 Å². The molecule has 1 rings (SSSR count). The Morgan fingerprint density at radius 3 is 3.10 bits per heavy atom. The minimum atomic E-state index is -0.238. The average Bonchev–Trinajstić information content (AvgIpc) is 2.40. The molecule has 0 saturated heterocycles. The fourth-order valence-corrected chi connectivity index (χ4v) is 0.592. The molecule has 0 saturated carbocycles. The Morgan fingerprint density at radius 1 is 1.80 bits per heavy atom. The number of Topliss-reactive ketones (excluding diaryl/α,β-unsaturated/α-hetero) is 1. The minimum Gasteiger partial charge on any atom is -0.329 e. The molecule has 0 spiro atoms. The van der Waals surface area contributed by atoms with Crippen LogP contribution in [-0.2, 0) is 11.3 Å². The second kappa shape index (κ2) is 2.83. The van der Waals surface area contributed by atoms with E-state index in [-0.39, 0.29) is 12.3 Å². The van der Waals surface area contributed by atoms with Crippen molar-refractivity contribution in [3.63, 3.8) is 0 Å². The highest BCUT2D eigenvalue weighted by Gasteiger charge is 1.95. The maximum absolute atomic E-state index is 10.6. The van der Waals surface area contributed by atoms with Crippen molar-refractivity contribution in [2.24, 2.45) is 0 Å². The lowest BCUT2D eigenvalue weighted by atomic mass is 10.4. The van der Waals surface area contributed by atoms with Crippen molar-refractivity contribution in [1.29, 1.82) is 0 Å². The highest BCUT2D eigenvalue weighted by Crippen LogP contribution is 1.84. The Bertz CT molecular complexity index is 256. The minimum absolute atomic E-state index is 0.219. The van der Waals surface area contributed by atoms with Crippen LogP contribution in [0.2, 0.25) is 0 Å². The molecule has 50 valence electrons. The largest absolute Gasteiger partial charge is 0.329 e. The maximum Gasteiger partial charge on any atom is 0.224 e. The van der Waals surface area contributed by atoms with E-state index in [9.17, 15) is 4.79 Å². The third-order valence-corrected chi connectivity index (χ3v) is 1.05. The first-order chi connectivity index (χ1) is 4.83. The number of hydrogen-bond donors (Lipinski definition) is 0. The van der Waals surface area contributed by atoms with Crippen LogP contribution in [0.15, 0.2) is 18.7 Å². The number of imidazole rings is 1. The standard InChI is InChI=1S/C7H6N2O/c1-2-7(10)5-9-4-3-8-6-9/h1,3-4,6H,5H2. The van der Waals surface area contributed by atoms with Gasteiger partial charge >= 0.3 is 0 Å². The van der Waals surface area contributed by atoms with Gasteiger partial charge in [-0.3, -0.25) is 4.79 Å². The molecule has 1 aromatic rings. The molecule has 0 atom stereocenters. The number of hydrogen-bond acceptors (Lipinski definition) is 2. The molecule has 10 heavy (non-hydrogen) atoms. The van der Waals surface area contributed by atoms with Gasteiger partial charge in [0.15, 0.2) is 0 Å². The number of ketones is 1. The van der Waals surface area contributed by atoms with Crippen molar-refractivity contribution < 1.29 is 4.79 Å². The van der Waals surface area contributed by atoms with Gasteiger partial charge < -0.3 is 4.57 Å². The molecule has 0 aromatic carbocycles. The van der Waals surface area contributed by atoms with Gasteiger partial charge in [0.1, 0.15) is 0 Å². The summed E-state index contributed by atoms with van der Waals surface area (Å²) in [5, 5.41) is 0. The smallest absolute Gasteiger partial charge is 0.224 e. The fraction of sp³-hybridized carbons (Fsp3) is 0.143. The zero-order chi connectivity index (χ0) is 7.40. The first-order valence-electron chi connectivity index (χ1n) is 2.78. The maximum atomic E-state index is 10.6. The molecule has 0 bridgehead atoms. The van der Waals surface area contributed by atoms with E-state index in [1.54, 1.807) is 23.3 Å². The van der Waals surface area contributed by atoms with E-state index >= 15 is 0 Å². The Morgan fingerprint density at radius 2 is 2.60 bits per heavy atom. The monoisotopic (exact) mass is 134 g/mol. The van der Waals surface area contributed by atoms with Crippen LogP contribution < -0.4 is 0 Å². The van der Waals surface area contributed by atoms with Crippen molar-refractivity contribution in [2.45, 2.75) is 6.54 Å². The molecular formula is C7H6N2O. The molecule has 1 aromatic heterocycles. The Labute approximate surface area is 58.7 Å². The summed E-state index contributed by atoms with van der Waals surface area (Å²) in [4.78, 5) is 14.3. The second-order valence-electron chi connectivity index (χ2n) is 1.80. The summed E-state index contributed by atoms with van der Waals surface area (Å²) >= 11 is 0. The van der Waals surface area contributed by atoms with Gasteiger partial charge in [0.05, 0.1) is 12.9 Å². The van der Waals surface area contributed by atoms with E-state index in [2.05, 4.69) is 4.98 Å². The predicted molar refractivity (Wildman–Crippen MR) is 36.1 cm³/mol. The number of aromatic nitrogens is 2. The lowest BCUT2D eigenvalue weighted by molar-refractivity contribution is -0.114. The van der Waals surface area contributed by atoms with Crippen LogP contribution in [0.3, 0.4) is 0 Å².